The molecule has 2 aromatic rings. The van der Waals surface area contributed by atoms with E-state index < -0.39 is 0 Å². The monoisotopic (exact) mass is 393 g/mol. The highest BCUT2D eigenvalue weighted by Gasteiger charge is 2.26. The molecule has 1 fully saturated rings. The van der Waals surface area contributed by atoms with Gasteiger partial charge in [0.1, 0.15) is 0 Å². The van der Waals surface area contributed by atoms with Gasteiger partial charge in [0.2, 0.25) is 11.9 Å². The largest absolute Gasteiger partial charge is 0.357 e. The summed E-state index contributed by atoms with van der Waals surface area (Å²) in [5.74, 6) is 1.84. The van der Waals surface area contributed by atoms with E-state index in [0.29, 0.717) is 19.5 Å². The Labute approximate surface area is 171 Å². The average Bonchev–Trinajstić information content (AvgIpc) is 3.09. The van der Waals surface area contributed by atoms with E-state index in [0.717, 1.165) is 55.9 Å². The molecular weight excluding hydrogens is 366 g/mol. The Bertz CT molecular complexity index is 862. The molecule has 0 saturated carbocycles. The topological polar surface area (TPSA) is 77.0 Å². The number of hydrogen-bond acceptors (Lipinski definition) is 5. The van der Waals surface area contributed by atoms with Crippen molar-refractivity contribution in [2.75, 3.05) is 55.6 Å². The van der Waals surface area contributed by atoms with Crippen molar-refractivity contribution in [3.05, 3.63) is 48.3 Å². The molecule has 0 radical (unpaired) electrons. The Morgan fingerprint density at radius 1 is 1.10 bits per heavy atom. The maximum absolute atomic E-state index is 12.3. The molecule has 2 aliphatic heterocycles. The fourth-order valence-corrected chi connectivity index (χ4v) is 3.82. The van der Waals surface area contributed by atoms with Crippen LogP contribution in [0.2, 0.25) is 0 Å². The number of para-hydroxylation sites is 1. The summed E-state index contributed by atoms with van der Waals surface area (Å²) in [6, 6.07) is 9.83. The third-order valence-corrected chi connectivity index (χ3v) is 5.26. The lowest BCUT2D eigenvalue weighted by molar-refractivity contribution is -0.117. The molecule has 2 aliphatic rings. The van der Waals surface area contributed by atoms with Gasteiger partial charge in [-0.15, -0.1) is 0 Å². The second-order valence-electron chi connectivity index (χ2n) is 7.11. The van der Waals surface area contributed by atoms with E-state index in [9.17, 15) is 4.79 Å². The number of anilines is 2. The van der Waals surface area contributed by atoms with Crippen LogP contribution in [0.4, 0.5) is 11.6 Å². The molecule has 29 heavy (non-hydrogen) atoms. The number of nitrogens with one attached hydrogen (secondary N) is 1. The van der Waals surface area contributed by atoms with E-state index in [1.165, 1.54) is 0 Å². The quantitative estimate of drug-likeness (QED) is 0.607. The Kier molecular flexibility index (Phi) is 5.88. The highest BCUT2D eigenvalue weighted by Crippen LogP contribution is 2.27. The Hall–Kier alpha value is -3.16. The van der Waals surface area contributed by atoms with Crippen LogP contribution in [0, 0.1) is 0 Å². The summed E-state index contributed by atoms with van der Waals surface area (Å²) in [6.45, 7) is 7.48. The highest BCUT2D eigenvalue weighted by atomic mass is 16.2. The molecule has 8 heteroatoms. The van der Waals surface area contributed by atoms with E-state index in [1.54, 1.807) is 12.4 Å². The number of aliphatic imine (C=N–C) groups is 1. The molecule has 1 saturated heterocycles. The Balaban J connectivity index is 1.36. The lowest BCUT2D eigenvalue weighted by atomic mass is 10.2. The van der Waals surface area contributed by atoms with Crippen molar-refractivity contribution in [1.29, 1.82) is 0 Å². The van der Waals surface area contributed by atoms with Crippen LogP contribution in [0.3, 0.4) is 0 Å². The van der Waals surface area contributed by atoms with Crippen molar-refractivity contribution in [3.63, 3.8) is 0 Å². The fraction of sp³-hybridized carbons (Fsp3) is 0.429. The Morgan fingerprint density at radius 2 is 1.86 bits per heavy atom. The summed E-state index contributed by atoms with van der Waals surface area (Å²) < 4.78 is 0. The van der Waals surface area contributed by atoms with E-state index in [1.807, 2.05) is 35.2 Å². The summed E-state index contributed by atoms with van der Waals surface area (Å²) in [7, 11) is 0. The van der Waals surface area contributed by atoms with E-state index >= 15 is 0 Å². The number of nitrogens with zero attached hydrogens (tertiary/aromatic N) is 6. The van der Waals surface area contributed by atoms with Crippen molar-refractivity contribution in [2.24, 2.45) is 4.99 Å². The first-order valence-electron chi connectivity index (χ1n) is 10.2. The fourth-order valence-electron chi connectivity index (χ4n) is 3.82. The number of benzene rings is 1. The molecule has 4 rings (SSSR count). The molecule has 0 bridgehead atoms. The number of carbonyl (C=O) groups is 1. The standard InChI is InChI=1S/C21H27N7O/c1-2-22-20(26-12-14-27(15-13-26)21-23-8-5-9-24-21)25-10-11-28-18-7-4-3-6-17(18)16-19(28)29/h3-9H,2,10-16H2,1H3,(H,22,25). The summed E-state index contributed by atoms with van der Waals surface area (Å²) >= 11 is 0. The SMILES string of the molecule is CCNC(=NCCN1C(=O)Cc2ccccc21)N1CCN(c2ncccn2)CC1. The van der Waals surface area contributed by atoms with E-state index in [4.69, 9.17) is 4.99 Å². The molecule has 0 atom stereocenters. The summed E-state index contributed by atoms with van der Waals surface area (Å²) in [5, 5.41) is 3.39. The maximum Gasteiger partial charge on any atom is 0.231 e. The van der Waals surface area contributed by atoms with Crippen molar-refractivity contribution >= 4 is 23.5 Å². The molecule has 1 amide bonds. The van der Waals surface area contributed by atoms with Crippen LogP contribution >= 0.6 is 0 Å². The van der Waals surface area contributed by atoms with E-state index in [2.05, 4.69) is 32.0 Å². The first kappa shape index (κ1) is 19.2. The predicted molar refractivity (Wildman–Crippen MR) is 114 cm³/mol. The van der Waals surface area contributed by atoms with Crippen LogP contribution < -0.4 is 15.1 Å². The zero-order valence-corrected chi connectivity index (χ0v) is 16.8. The number of aromatic nitrogens is 2. The lowest BCUT2D eigenvalue weighted by Gasteiger charge is -2.36. The van der Waals surface area contributed by atoms with Gasteiger partial charge in [0.25, 0.3) is 0 Å². The molecule has 0 spiro atoms. The normalized spacial score (nSPS) is 16.9. The second kappa shape index (κ2) is 8.89. The lowest BCUT2D eigenvalue weighted by Crippen LogP contribution is -2.53. The van der Waals surface area contributed by atoms with Gasteiger partial charge in [0.15, 0.2) is 5.96 Å². The summed E-state index contributed by atoms with van der Waals surface area (Å²) in [6.07, 6.45) is 4.04. The molecular formula is C21H27N7O. The van der Waals surface area contributed by atoms with Crippen LogP contribution in [-0.2, 0) is 11.2 Å². The minimum absolute atomic E-state index is 0.155. The number of piperazine rings is 1. The molecule has 1 aromatic carbocycles. The number of carbonyl (C=O) groups excluding carboxylic acids is 1. The zero-order chi connectivity index (χ0) is 20.1. The highest BCUT2D eigenvalue weighted by molar-refractivity contribution is 6.01. The molecule has 1 N–H and O–H groups in total. The van der Waals surface area contributed by atoms with Gasteiger partial charge in [-0.3, -0.25) is 9.79 Å². The third-order valence-electron chi connectivity index (χ3n) is 5.26. The second-order valence-corrected chi connectivity index (χ2v) is 7.11. The van der Waals surface area contributed by atoms with Crippen molar-refractivity contribution in [3.8, 4) is 0 Å². The maximum atomic E-state index is 12.3. The zero-order valence-electron chi connectivity index (χ0n) is 16.8. The number of rotatable bonds is 5. The van der Waals surface area contributed by atoms with Gasteiger partial charge in [0.05, 0.1) is 13.0 Å². The minimum atomic E-state index is 0.155. The first-order valence-corrected chi connectivity index (χ1v) is 10.2. The van der Waals surface area contributed by atoms with Crippen LogP contribution in [0.5, 0.6) is 0 Å². The number of hydrogen-bond donors (Lipinski definition) is 1. The van der Waals surface area contributed by atoms with Gasteiger partial charge in [-0.05, 0) is 24.6 Å². The molecule has 3 heterocycles. The molecule has 8 nitrogen and oxygen atoms in total. The van der Waals surface area contributed by atoms with Gasteiger partial charge in [-0.2, -0.15) is 0 Å². The number of amides is 1. The van der Waals surface area contributed by atoms with Crippen molar-refractivity contribution < 1.29 is 4.79 Å². The van der Waals surface area contributed by atoms with Crippen LogP contribution in [0.15, 0.2) is 47.7 Å². The van der Waals surface area contributed by atoms with Gasteiger partial charge >= 0.3 is 0 Å². The Morgan fingerprint density at radius 3 is 2.62 bits per heavy atom. The van der Waals surface area contributed by atoms with Crippen molar-refractivity contribution in [1.82, 2.24) is 20.2 Å². The first-order chi connectivity index (χ1) is 14.3. The van der Waals surface area contributed by atoms with Crippen LogP contribution in [-0.4, -0.2) is 72.5 Å². The molecule has 0 unspecified atom stereocenters. The minimum Gasteiger partial charge on any atom is -0.357 e. The molecule has 152 valence electrons. The van der Waals surface area contributed by atoms with Gasteiger partial charge in [-0.1, -0.05) is 18.2 Å². The van der Waals surface area contributed by atoms with Gasteiger partial charge in [0, 0.05) is 57.3 Å². The number of fused-ring (bicyclic) bond motifs is 1. The predicted octanol–water partition coefficient (Wildman–Crippen LogP) is 1.15. The van der Waals surface area contributed by atoms with Crippen LogP contribution in [0.25, 0.3) is 0 Å². The van der Waals surface area contributed by atoms with Crippen molar-refractivity contribution in [2.45, 2.75) is 13.3 Å². The van der Waals surface area contributed by atoms with Gasteiger partial charge in [-0.25, -0.2) is 9.97 Å². The molecule has 0 aliphatic carbocycles. The summed E-state index contributed by atoms with van der Waals surface area (Å²) in [5.41, 5.74) is 2.13. The number of guanidine groups is 1. The van der Waals surface area contributed by atoms with Crippen LogP contribution in [0.1, 0.15) is 12.5 Å². The third kappa shape index (κ3) is 4.31. The van der Waals surface area contributed by atoms with E-state index in [-0.39, 0.29) is 5.91 Å². The molecule has 1 aromatic heterocycles. The smallest absolute Gasteiger partial charge is 0.231 e. The summed E-state index contributed by atoms with van der Waals surface area (Å²) in [4.78, 5) is 32.1. The average molecular weight is 393 g/mol. The van der Waals surface area contributed by atoms with Gasteiger partial charge < -0.3 is 20.0 Å².